The summed E-state index contributed by atoms with van der Waals surface area (Å²) in [5, 5.41) is 55.6. The molecule has 1 radical (unpaired) electrons. The van der Waals surface area contributed by atoms with E-state index in [9.17, 15) is 59.6 Å². The van der Waals surface area contributed by atoms with Crippen molar-refractivity contribution in [2.75, 3.05) is 21.3 Å². The molecule has 10 rings (SSSR count). The number of nitro benzene ring substituents is 4. The number of benzene rings is 6. The van der Waals surface area contributed by atoms with Crippen molar-refractivity contribution < 1.29 is 55.7 Å². The Kier molecular flexibility index (Phi) is 21.1. The zero-order chi connectivity index (χ0) is 70.0. The Morgan fingerprint density at radius 3 is 0.835 bits per heavy atom. The molecule has 0 atom stereocenters. The molecular formula is C72H66CoN12O12. The second kappa shape index (κ2) is 28.8. The van der Waals surface area contributed by atoms with Crippen LogP contribution < -0.4 is 31.2 Å². The number of hydrogen-bond donors (Lipinski definition) is 4. The Labute approximate surface area is 567 Å². The SMILES string of the molecule is CC1=N/C(=C(\c2[n-]c(C)c(C(=O)Nc3ccc([N+](=O)[O-])cc3)c2C)c2c(C)cc(C)cc2C)C(C)=C1C(=O)Nc1ccc([N+](=O)[O-])cc1.CC1=N/C(=C(\c2[n-]c(C)c(C(=O)Nc3ccc([N+](=O)[O-])cc3)c2C)c2c(C)cc(C)cc2C)C(C)=C1C(=O)Nc1ccc([N+](=O)[O-])cc1.[Co+2]. The first-order valence-electron chi connectivity index (χ1n) is 30.1. The molecule has 0 bridgehead atoms. The first-order valence-corrected chi connectivity index (χ1v) is 30.1. The first kappa shape index (κ1) is 71.0. The summed E-state index contributed by atoms with van der Waals surface area (Å²) < 4.78 is 0. The van der Waals surface area contributed by atoms with Gasteiger partial charge < -0.3 is 31.2 Å². The molecule has 24 nitrogen and oxygen atoms in total. The van der Waals surface area contributed by atoms with Crippen LogP contribution in [0.2, 0.25) is 0 Å². The van der Waals surface area contributed by atoms with Crippen molar-refractivity contribution >= 4 is 91.7 Å². The number of aliphatic imine (C=N–C) groups is 2. The van der Waals surface area contributed by atoms with Gasteiger partial charge in [0.1, 0.15) is 0 Å². The average Bonchev–Trinajstić information content (AvgIpc) is 1.63. The van der Waals surface area contributed by atoms with Gasteiger partial charge in [-0.2, -0.15) is 0 Å². The number of nitrogens with zero attached hydrogens (tertiary/aromatic N) is 8. The normalized spacial score (nSPS) is 13.5. The van der Waals surface area contributed by atoms with Crippen LogP contribution in [0.5, 0.6) is 0 Å². The summed E-state index contributed by atoms with van der Waals surface area (Å²) in [4.78, 5) is 116. The zero-order valence-corrected chi connectivity index (χ0v) is 56.4. The number of non-ortho nitro benzene ring substituents is 4. The van der Waals surface area contributed by atoms with Crippen molar-refractivity contribution in [1.29, 1.82) is 0 Å². The number of amides is 4. The molecular weight excluding hydrogens is 1280 g/mol. The fourth-order valence-electron chi connectivity index (χ4n) is 12.4. The third-order valence-corrected chi connectivity index (χ3v) is 16.5. The van der Waals surface area contributed by atoms with Crippen LogP contribution in [0.4, 0.5) is 45.5 Å². The van der Waals surface area contributed by atoms with Crippen molar-refractivity contribution in [3.8, 4) is 0 Å². The first-order chi connectivity index (χ1) is 45.3. The van der Waals surface area contributed by atoms with Crippen LogP contribution in [0.3, 0.4) is 0 Å². The Hall–Kier alpha value is -11.8. The number of aromatic nitrogens is 2. The van der Waals surface area contributed by atoms with Gasteiger partial charge in [0.2, 0.25) is 0 Å². The maximum Gasteiger partial charge on any atom is 2.00 e. The summed E-state index contributed by atoms with van der Waals surface area (Å²) in [6.07, 6.45) is 0. The molecule has 0 fully saturated rings. The Bertz CT molecular complexity index is 4500. The minimum atomic E-state index is -0.508. The van der Waals surface area contributed by atoms with Crippen LogP contribution in [-0.2, 0) is 26.4 Å². The molecule has 2 aliphatic rings. The molecule has 25 heteroatoms. The van der Waals surface area contributed by atoms with Gasteiger partial charge in [-0.25, -0.2) is 0 Å². The van der Waals surface area contributed by atoms with Gasteiger partial charge in [0.25, 0.3) is 46.4 Å². The van der Waals surface area contributed by atoms with Crippen molar-refractivity contribution in [2.24, 2.45) is 9.98 Å². The predicted molar refractivity (Wildman–Crippen MR) is 369 cm³/mol. The summed E-state index contributed by atoms with van der Waals surface area (Å²) in [7, 11) is 0. The molecule has 2 aromatic heterocycles. The van der Waals surface area contributed by atoms with E-state index >= 15 is 0 Å². The molecule has 495 valence electrons. The third-order valence-electron chi connectivity index (χ3n) is 16.5. The van der Waals surface area contributed by atoms with Crippen LogP contribution in [0, 0.1) is 110 Å². The van der Waals surface area contributed by atoms with Gasteiger partial charge in [-0.3, -0.25) is 69.6 Å². The Balaban J connectivity index is 0.000000245. The summed E-state index contributed by atoms with van der Waals surface area (Å²) in [5.74, 6) is -1.66. The molecule has 0 spiro atoms. The molecule has 2 aliphatic heterocycles. The zero-order valence-electron chi connectivity index (χ0n) is 55.4. The molecule has 0 unspecified atom stereocenters. The Morgan fingerprint density at radius 1 is 0.361 bits per heavy atom. The van der Waals surface area contributed by atoms with Gasteiger partial charge in [0.05, 0.1) is 53.7 Å². The smallest absolute Gasteiger partial charge is 0.660 e. The molecule has 0 saturated heterocycles. The number of allylic oxidation sites excluding steroid dienone is 2. The van der Waals surface area contributed by atoms with E-state index in [0.717, 1.165) is 44.5 Å². The second-order valence-corrected chi connectivity index (χ2v) is 23.5. The van der Waals surface area contributed by atoms with E-state index in [1.807, 2.05) is 69.2 Å². The van der Waals surface area contributed by atoms with Gasteiger partial charge in [-0.1, -0.05) is 60.4 Å². The number of carbonyl (C=O) groups is 4. The number of nitrogens with one attached hydrogen (secondary N) is 4. The van der Waals surface area contributed by atoms with Crippen LogP contribution in [-0.4, -0.2) is 54.7 Å². The number of aryl methyl sites for hydroxylation is 8. The molecule has 0 saturated carbocycles. The topological polar surface area (TPSA) is 342 Å². The average molecular weight is 1350 g/mol. The number of nitro groups is 4. The number of anilines is 4. The quantitative estimate of drug-likeness (QED) is 0.0516. The van der Waals surface area contributed by atoms with Gasteiger partial charge in [0.15, 0.2) is 0 Å². The van der Waals surface area contributed by atoms with E-state index in [1.165, 1.54) is 97.1 Å². The summed E-state index contributed by atoms with van der Waals surface area (Å²) >= 11 is 0. The second-order valence-electron chi connectivity index (χ2n) is 23.5. The predicted octanol–water partition coefficient (Wildman–Crippen LogP) is 14.9. The molecule has 97 heavy (non-hydrogen) atoms. The standard InChI is InChI=1S/2C36H34N6O6.Co/c2*1-18-16-19(2)29(20(3)17-18)32(33-21(4)30(23(6)37-33)35(43)39-25-8-12-27(13-9-25)41(45)46)34-22(5)31(24(7)38-34)36(44)40-26-10-14-28(15-11-26)42(47)48;/h2*8-17H,1-7H3,(H3,37,38,39,40,43,44);/q;;+2/p-2. The fourth-order valence-corrected chi connectivity index (χ4v) is 12.4. The monoisotopic (exact) mass is 1350 g/mol. The molecule has 4 N–H and O–H groups in total. The molecule has 4 heterocycles. The minimum absolute atomic E-state index is 0. The number of hydrogen-bond acceptors (Lipinski definition) is 14. The molecule has 0 aliphatic carbocycles. The van der Waals surface area contributed by atoms with E-state index < -0.39 is 43.3 Å². The van der Waals surface area contributed by atoms with Crippen molar-refractivity contribution in [3.63, 3.8) is 0 Å². The van der Waals surface area contributed by atoms with Crippen molar-refractivity contribution in [2.45, 2.75) is 96.9 Å². The van der Waals surface area contributed by atoms with E-state index in [2.05, 4.69) is 45.5 Å². The van der Waals surface area contributed by atoms with Gasteiger partial charge in [-0.15, -0.1) is 22.8 Å². The van der Waals surface area contributed by atoms with E-state index in [-0.39, 0.29) is 39.5 Å². The summed E-state index contributed by atoms with van der Waals surface area (Å²) in [6, 6.07) is 30.6. The molecule has 6 aromatic carbocycles. The summed E-state index contributed by atoms with van der Waals surface area (Å²) in [6.45, 7) is 26.2. The largest absolute Gasteiger partial charge is 2.00 e. The maximum atomic E-state index is 13.6. The van der Waals surface area contributed by atoms with Crippen LogP contribution in [0.15, 0.2) is 165 Å². The third kappa shape index (κ3) is 14.8. The number of carbonyl (C=O) groups excluding carboxylic acids is 4. The maximum absolute atomic E-state index is 13.6. The minimum Gasteiger partial charge on any atom is -0.660 e. The van der Waals surface area contributed by atoms with E-state index in [1.54, 1.807) is 27.7 Å². The number of rotatable bonds is 16. The molecule has 4 amide bonds. The fraction of sp³-hybridized carbons (Fsp3) is 0.194. The van der Waals surface area contributed by atoms with Crippen LogP contribution in [0.25, 0.3) is 11.1 Å². The van der Waals surface area contributed by atoms with Gasteiger partial charge >= 0.3 is 16.8 Å². The molecule has 8 aromatic rings. The van der Waals surface area contributed by atoms with Crippen LogP contribution in [0.1, 0.15) is 127 Å². The van der Waals surface area contributed by atoms with Crippen molar-refractivity contribution in [1.82, 2.24) is 9.97 Å². The van der Waals surface area contributed by atoms with Gasteiger partial charge in [-0.05, 0) is 187 Å². The Morgan fingerprint density at radius 2 is 0.598 bits per heavy atom. The van der Waals surface area contributed by atoms with E-state index in [0.29, 0.717) is 124 Å². The van der Waals surface area contributed by atoms with Gasteiger partial charge in [0, 0.05) is 82.4 Å². The van der Waals surface area contributed by atoms with Crippen LogP contribution >= 0.6 is 0 Å². The summed E-state index contributed by atoms with van der Waals surface area (Å²) in [5.41, 5.74) is 18.4. The van der Waals surface area contributed by atoms with Crippen molar-refractivity contribution in [3.05, 3.63) is 285 Å². The van der Waals surface area contributed by atoms with E-state index in [4.69, 9.17) is 20.0 Å².